The van der Waals surface area contributed by atoms with Gasteiger partial charge in [-0.1, -0.05) is 0 Å². The van der Waals surface area contributed by atoms with Crippen LogP contribution in [0.3, 0.4) is 0 Å². The number of nitrogens with one attached hydrogen (secondary N) is 1. The number of carboxylic acids is 1. The van der Waals surface area contributed by atoms with Gasteiger partial charge in [0.25, 0.3) is 5.91 Å². The molecule has 0 unspecified atom stereocenters. The van der Waals surface area contributed by atoms with Gasteiger partial charge in [0.2, 0.25) is 0 Å². The molecule has 20 heavy (non-hydrogen) atoms. The van der Waals surface area contributed by atoms with E-state index in [0.29, 0.717) is 16.9 Å². The smallest absolute Gasteiger partial charge is 0.328 e. The number of benzene rings is 1. The van der Waals surface area contributed by atoms with Gasteiger partial charge >= 0.3 is 5.97 Å². The van der Waals surface area contributed by atoms with E-state index in [-0.39, 0.29) is 11.4 Å². The molecule has 5 heteroatoms. The van der Waals surface area contributed by atoms with Crippen LogP contribution in [-0.4, -0.2) is 29.6 Å². The zero-order chi connectivity index (χ0) is 15.3. The van der Waals surface area contributed by atoms with Gasteiger partial charge in [0, 0.05) is 22.7 Å². The molecule has 0 aromatic heterocycles. The van der Waals surface area contributed by atoms with Gasteiger partial charge < -0.3 is 15.2 Å². The highest BCUT2D eigenvalue weighted by atomic mass is 16.5. The van der Waals surface area contributed by atoms with Crippen LogP contribution >= 0.6 is 0 Å². The Labute approximate surface area is 118 Å². The topological polar surface area (TPSA) is 75.6 Å². The number of carbonyl (C=O) groups excluding carboxylic acids is 1. The minimum Gasteiger partial charge on any atom is -0.496 e. The number of aliphatic carboxylic acids is 1. The van der Waals surface area contributed by atoms with Gasteiger partial charge in [-0.05, 0) is 45.0 Å². The van der Waals surface area contributed by atoms with E-state index in [1.165, 1.54) is 13.2 Å². The van der Waals surface area contributed by atoms with Crippen LogP contribution in [0.25, 0.3) is 6.08 Å². The molecule has 2 N–H and O–H groups in total. The zero-order valence-electron chi connectivity index (χ0n) is 12.1. The Morgan fingerprint density at radius 3 is 2.45 bits per heavy atom. The Balaban J connectivity index is 3.09. The molecule has 0 saturated heterocycles. The first-order valence-corrected chi connectivity index (χ1v) is 6.14. The summed E-state index contributed by atoms with van der Waals surface area (Å²) in [4.78, 5) is 22.6. The second-order valence-electron chi connectivity index (χ2n) is 5.33. The molecule has 0 radical (unpaired) electrons. The lowest BCUT2D eigenvalue weighted by Crippen LogP contribution is -2.40. The highest BCUT2D eigenvalue weighted by Crippen LogP contribution is 2.21. The SMILES string of the molecule is COc1ccc(C(=O)NC(C)(C)C)cc1C=CC(=O)O. The van der Waals surface area contributed by atoms with E-state index < -0.39 is 5.97 Å². The normalized spacial score (nSPS) is 11.4. The molecule has 0 aliphatic carbocycles. The first-order valence-electron chi connectivity index (χ1n) is 6.14. The minimum atomic E-state index is -1.06. The number of carbonyl (C=O) groups is 2. The van der Waals surface area contributed by atoms with Crippen LogP contribution in [-0.2, 0) is 4.79 Å². The molecule has 1 aromatic carbocycles. The van der Waals surface area contributed by atoms with Gasteiger partial charge in [0.15, 0.2) is 0 Å². The van der Waals surface area contributed by atoms with Crippen molar-refractivity contribution in [3.05, 3.63) is 35.4 Å². The molecule has 5 nitrogen and oxygen atoms in total. The molecule has 1 rings (SSSR count). The molecule has 1 aromatic rings. The number of carboxylic acid groups (broad SMARTS) is 1. The summed E-state index contributed by atoms with van der Waals surface area (Å²) in [6.45, 7) is 5.67. The molecule has 0 aliphatic rings. The highest BCUT2D eigenvalue weighted by molar-refractivity contribution is 5.96. The van der Waals surface area contributed by atoms with Crippen molar-refractivity contribution < 1.29 is 19.4 Å². The standard InChI is InChI=1S/C15H19NO4/c1-15(2,3)16-14(19)11-5-7-12(20-4)10(9-11)6-8-13(17)18/h5-9H,1-4H3,(H,16,19)(H,17,18). The van der Waals surface area contributed by atoms with Crippen LogP contribution < -0.4 is 10.1 Å². The second kappa shape index (κ2) is 6.23. The summed E-state index contributed by atoms with van der Waals surface area (Å²) in [5.41, 5.74) is 0.649. The number of hydrogen-bond acceptors (Lipinski definition) is 3. The molecular weight excluding hydrogens is 258 g/mol. The van der Waals surface area contributed by atoms with Crippen molar-refractivity contribution in [3.63, 3.8) is 0 Å². The quantitative estimate of drug-likeness (QED) is 0.828. The first-order chi connectivity index (χ1) is 9.23. The molecule has 0 fully saturated rings. The molecule has 1 amide bonds. The number of methoxy groups -OCH3 is 1. The third-order valence-corrected chi connectivity index (χ3v) is 2.39. The van der Waals surface area contributed by atoms with Crippen LogP contribution in [0.15, 0.2) is 24.3 Å². The molecule has 0 saturated carbocycles. The Morgan fingerprint density at radius 1 is 1.30 bits per heavy atom. The average Bonchev–Trinajstić information content (AvgIpc) is 2.33. The van der Waals surface area contributed by atoms with E-state index in [9.17, 15) is 9.59 Å². The lowest BCUT2D eigenvalue weighted by atomic mass is 10.1. The molecule has 0 heterocycles. The van der Waals surface area contributed by atoms with Gasteiger partial charge in [-0.25, -0.2) is 4.79 Å². The molecule has 0 spiro atoms. The van der Waals surface area contributed by atoms with E-state index in [1.807, 2.05) is 20.8 Å². The first kappa shape index (κ1) is 15.8. The maximum Gasteiger partial charge on any atom is 0.328 e. The Morgan fingerprint density at radius 2 is 1.95 bits per heavy atom. The predicted octanol–water partition coefficient (Wildman–Crippen LogP) is 2.32. The largest absolute Gasteiger partial charge is 0.496 e. The summed E-state index contributed by atoms with van der Waals surface area (Å²) in [6.07, 6.45) is 2.40. The van der Waals surface area contributed by atoms with Gasteiger partial charge in [-0.2, -0.15) is 0 Å². The summed E-state index contributed by atoms with van der Waals surface area (Å²) >= 11 is 0. The monoisotopic (exact) mass is 277 g/mol. The van der Waals surface area contributed by atoms with Crippen molar-refractivity contribution in [2.24, 2.45) is 0 Å². The van der Waals surface area contributed by atoms with Crippen molar-refractivity contribution in [2.75, 3.05) is 7.11 Å². The van der Waals surface area contributed by atoms with Crippen molar-refractivity contribution >= 4 is 18.0 Å². The minimum absolute atomic E-state index is 0.217. The van der Waals surface area contributed by atoms with E-state index in [2.05, 4.69) is 5.32 Å². The van der Waals surface area contributed by atoms with Crippen LogP contribution in [0, 0.1) is 0 Å². The van der Waals surface area contributed by atoms with Gasteiger partial charge in [-0.3, -0.25) is 4.79 Å². The maximum absolute atomic E-state index is 12.1. The molecule has 0 bridgehead atoms. The highest BCUT2D eigenvalue weighted by Gasteiger charge is 2.16. The maximum atomic E-state index is 12.1. The number of rotatable bonds is 4. The molecule has 0 atom stereocenters. The lowest BCUT2D eigenvalue weighted by Gasteiger charge is -2.20. The summed E-state index contributed by atoms with van der Waals surface area (Å²) in [5.74, 6) is -0.767. The van der Waals surface area contributed by atoms with Gasteiger partial charge in [0.1, 0.15) is 5.75 Å². The van der Waals surface area contributed by atoms with Gasteiger partial charge in [-0.15, -0.1) is 0 Å². The fourth-order valence-corrected chi connectivity index (χ4v) is 1.58. The van der Waals surface area contributed by atoms with Crippen molar-refractivity contribution in [3.8, 4) is 5.75 Å². The fourth-order valence-electron chi connectivity index (χ4n) is 1.58. The van der Waals surface area contributed by atoms with E-state index >= 15 is 0 Å². The van der Waals surface area contributed by atoms with Crippen molar-refractivity contribution in [1.29, 1.82) is 0 Å². The van der Waals surface area contributed by atoms with E-state index in [4.69, 9.17) is 9.84 Å². The van der Waals surface area contributed by atoms with Crippen LogP contribution in [0.4, 0.5) is 0 Å². The summed E-state index contributed by atoms with van der Waals surface area (Å²) in [7, 11) is 1.49. The summed E-state index contributed by atoms with van der Waals surface area (Å²) < 4.78 is 5.14. The fraction of sp³-hybridized carbons (Fsp3) is 0.333. The van der Waals surface area contributed by atoms with Crippen molar-refractivity contribution in [2.45, 2.75) is 26.3 Å². The molecule has 0 aliphatic heterocycles. The third-order valence-electron chi connectivity index (χ3n) is 2.39. The van der Waals surface area contributed by atoms with E-state index in [0.717, 1.165) is 6.08 Å². The number of ether oxygens (including phenoxy) is 1. The summed E-state index contributed by atoms with van der Waals surface area (Å²) in [6, 6.07) is 4.87. The third kappa shape index (κ3) is 4.76. The van der Waals surface area contributed by atoms with Gasteiger partial charge in [0.05, 0.1) is 7.11 Å². The Hall–Kier alpha value is -2.30. The number of hydrogen-bond donors (Lipinski definition) is 2. The Kier molecular flexibility index (Phi) is 4.91. The number of amides is 1. The lowest BCUT2D eigenvalue weighted by molar-refractivity contribution is -0.131. The van der Waals surface area contributed by atoms with Crippen LogP contribution in [0.2, 0.25) is 0 Å². The molecular formula is C15H19NO4. The zero-order valence-corrected chi connectivity index (χ0v) is 12.1. The molecule has 108 valence electrons. The predicted molar refractivity (Wildman–Crippen MR) is 76.9 cm³/mol. The summed E-state index contributed by atoms with van der Waals surface area (Å²) in [5, 5.41) is 11.5. The van der Waals surface area contributed by atoms with E-state index in [1.54, 1.807) is 18.2 Å². The van der Waals surface area contributed by atoms with Crippen LogP contribution in [0.5, 0.6) is 5.75 Å². The van der Waals surface area contributed by atoms with Crippen molar-refractivity contribution in [1.82, 2.24) is 5.32 Å². The second-order valence-corrected chi connectivity index (χ2v) is 5.33. The average molecular weight is 277 g/mol. The van der Waals surface area contributed by atoms with Crippen LogP contribution in [0.1, 0.15) is 36.7 Å². The Bertz CT molecular complexity index is 541.